The fourth-order valence-corrected chi connectivity index (χ4v) is 4.49. The van der Waals surface area contributed by atoms with Gasteiger partial charge in [-0.1, -0.05) is 17.4 Å². The van der Waals surface area contributed by atoms with E-state index in [1.165, 1.54) is 0 Å². The summed E-state index contributed by atoms with van der Waals surface area (Å²) in [4.78, 5) is 25.0. The second-order valence-electron chi connectivity index (χ2n) is 6.97. The Labute approximate surface area is 157 Å². The number of benzene rings is 1. The van der Waals surface area contributed by atoms with Crippen molar-refractivity contribution in [2.75, 3.05) is 23.3 Å². The molecule has 134 valence electrons. The van der Waals surface area contributed by atoms with Crippen molar-refractivity contribution in [3.05, 3.63) is 47.7 Å². The van der Waals surface area contributed by atoms with E-state index >= 15 is 0 Å². The van der Waals surface area contributed by atoms with Gasteiger partial charge in [0.25, 0.3) is 0 Å². The Balaban J connectivity index is 1.48. The largest absolute Gasteiger partial charge is 0.347 e. The van der Waals surface area contributed by atoms with Crippen LogP contribution in [0.15, 0.2) is 36.5 Å². The lowest BCUT2D eigenvalue weighted by Crippen LogP contribution is -2.40. The number of carbonyl (C=O) groups excluding carboxylic acids is 1. The highest BCUT2D eigenvalue weighted by Crippen LogP contribution is 2.30. The molecule has 26 heavy (non-hydrogen) atoms. The van der Waals surface area contributed by atoms with E-state index < -0.39 is 0 Å². The van der Waals surface area contributed by atoms with Gasteiger partial charge in [-0.05, 0) is 62.1 Å². The lowest BCUT2D eigenvalue weighted by Gasteiger charge is -2.31. The summed E-state index contributed by atoms with van der Waals surface area (Å²) in [6.07, 6.45) is 3.70. The van der Waals surface area contributed by atoms with Gasteiger partial charge in [0, 0.05) is 25.0 Å². The first-order valence-electron chi connectivity index (χ1n) is 8.94. The van der Waals surface area contributed by atoms with Crippen molar-refractivity contribution in [3.8, 4) is 0 Å². The number of nitrogens with zero attached hydrogens (tertiary/aromatic N) is 3. The second kappa shape index (κ2) is 7.03. The summed E-state index contributed by atoms with van der Waals surface area (Å²) in [7, 11) is 0. The SMILES string of the molecule is Cc1cc(C)cc(NC(=O)C2CCCN(c3nc4cccnc4s3)C2)c1. The predicted octanol–water partition coefficient (Wildman–Crippen LogP) is 4.16. The summed E-state index contributed by atoms with van der Waals surface area (Å²) >= 11 is 1.60. The summed E-state index contributed by atoms with van der Waals surface area (Å²) in [6.45, 7) is 5.74. The number of fused-ring (bicyclic) bond motifs is 1. The number of amides is 1. The third kappa shape index (κ3) is 3.55. The Morgan fingerprint density at radius 2 is 2.08 bits per heavy atom. The molecule has 1 aromatic carbocycles. The topological polar surface area (TPSA) is 58.1 Å². The first-order valence-corrected chi connectivity index (χ1v) is 9.76. The molecule has 0 aliphatic carbocycles. The molecule has 1 saturated heterocycles. The molecule has 0 saturated carbocycles. The number of thiazole rings is 1. The summed E-state index contributed by atoms with van der Waals surface area (Å²) in [6, 6.07) is 10.0. The van der Waals surface area contributed by atoms with E-state index in [1.54, 1.807) is 17.5 Å². The summed E-state index contributed by atoms with van der Waals surface area (Å²) in [5, 5.41) is 4.06. The van der Waals surface area contributed by atoms with Crippen LogP contribution in [-0.2, 0) is 4.79 Å². The van der Waals surface area contributed by atoms with Crippen LogP contribution in [0, 0.1) is 19.8 Å². The average molecular weight is 366 g/mol. The molecule has 1 unspecified atom stereocenters. The van der Waals surface area contributed by atoms with Gasteiger partial charge in [-0.15, -0.1) is 0 Å². The van der Waals surface area contributed by atoms with E-state index in [0.717, 1.165) is 51.7 Å². The van der Waals surface area contributed by atoms with E-state index in [4.69, 9.17) is 0 Å². The van der Waals surface area contributed by atoms with Crippen molar-refractivity contribution in [1.29, 1.82) is 0 Å². The molecular weight excluding hydrogens is 344 g/mol. The molecule has 3 heterocycles. The molecule has 0 bridgehead atoms. The molecule has 1 aliphatic heterocycles. The van der Waals surface area contributed by atoms with Gasteiger partial charge in [-0.3, -0.25) is 4.79 Å². The molecule has 5 nitrogen and oxygen atoms in total. The Kier molecular flexibility index (Phi) is 4.59. The molecule has 0 radical (unpaired) electrons. The van der Waals surface area contributed by atoms with Crippen LogP contribution in [0.4, 0.5) is 10.8 Å². The Morgan fingerprint density at radius 3 is 2.85 bits per heavy atom. The van der Waals surface area contributed by atoms with Crippen LogP contribution >= 0.6 is 11.3 Å². The predicted molar refractivity (Wildman–Crippen MR) is 107 cm³/mol. The van der Waals surface area contributed by atoms with Crippen molar-refractivity contribution in [2.45, 2.75) is 26.7 Å². The lowest BCUT2D eigenvalue weighted by molar-refractivity contribution is -0.120. The van der Waals surface area contributed by atoms with Gasteiger partial charge < -0.3 is 10.2 Å². The summed E-state index contributed by atoms with van der Waals surface area (Å²) in [5.41, 5.74) is 4.13. The number of aryl methyl sites for hydroxylation is 2. The van der Waals surface area contributed by atoms with E-state index in [2.05, 4.69) is 26.3 Å². The van der Waals surface area contributed by atoms with Crippen LogP contribution in [0.2, 0.25) is 0 Å². The molecular formula is C20H22N4OS. The average Bonchev–Trinajstić information content (AvgIpc) is 3.05. The number of hydrogen-bond donors (Lipinski definition) is 1. The minimum Gasteiger partial charge on any atom is -0.347 e. The highest BCUT2D eigenvalue weighted by molar-refractivity contribution is 7.21. The van der Waals surface area contributed by atoms with E-state index in [1.807, 2.05) is 38.1 Å². The molecule has 1 aliphatic rings. The van der Waals surface area contributed by atoms with Crippen molar-refractivity contribution in [2.24, 2.45) is 5.92 Å². The molecule has 1 fully saturated rings. The van der Waals surface area contributed by atoms with E-state index in [0.29, 0.717) is 6.54 Å². The summed E-state index contributed by atoms with van der Waals surface area (Å²) in [5.74, 6) is 0.0727. The Morgan fingerprint density at radius 1 is 1.27 bits per heavy atom. The zero-order chi connectivity index (χ0) is 18.1. The minimum atomic E-state index is -0.0236. The maximum Gasteiger partial charge on any atom is 0.229 e. The van der Waals surface area contributed by atoms with Crippen LogP contribution in [0.1, 0.15) is 24.0 Å². The Hall–Kier alpha value is -2.47. The third-order valence-corrected chi connectivity index (χ3v) is 5.75. The van der Waals surface area contributed by atoms with Crippen LogP contribution in [0.5, 0.6) is 0 Å². The minimum absolute atomic E-state index is 0.0236. The molecule has 4 rings (SSSR count). The number of anilines is 2. The van der Waals surface area contributed by atoms with Crippen molar-refractivity contribution in [3.63, 3.8) is 0 Å². The molecule has 2 aromatic heterocycles. The van der Waals surface area contributed by atoms with Gasteiger partial charge in [0.15, 0.2) is 5.13 Å². The maximum atomic E-state index is 12.8. The third-order valence-electron chi connectivity index (χ3n) is 4.71. The van der Waals surface area contributed by atoms with Gasteiger partial charge in [-0.25, -0.2) is 9.97 Å². The van der Waals surface area contributed by atoms with Crippen LogP contribution in [0.3, 0.4) is 0 Å². The zero-order valence-corrected chi connectivity index (χ0v) is 15.8. The number of rotatable bonds is 3. The Bertz CT molecular complexity index is 899. The van der Waals surface area contributed by atoms with Crippen molar-refractivity contribution >= 4 is 38.4 Å². The van der Waals surface area contributed by atoms with Crippen LogP contribution in [0.25, 0.3) is 10.3 Å². The van der Waals surface area contributed by atoms with Gasteiger partial charge in [0.1, 0.15) is 10.3 Å². The van der Waals surface area contributed by atoms with Gasteiger partial charge in [-0.2, -0.15) is 0 Å². The van der Waals surface area contributed by atoms with Gasteiger partial charge >= 0.3 is 0 Å². The molecule has 1 N–H and O–H groups in total. The smallest absolute Gasteiger partial charge is 0.229 e. The van der Waals surface area contributed by atoms with Crippen molar-refractivity contribution < 1.29 is 4.79 Å². The monoisotopic (exact) mass is 366 g/mol. The standard InChI is InChI=1S/C20H22N4OS/c1-13-9-14(2)11-16(10-13)22-18(25)15-5-4-8-24(12-15)20-23-17-6-3-7-21-19(17)26-20/h3,6-7,9-11,15H,4-5,8,12H2,1-2H3,(H,22,25). The lowest BCUT2D eigenvalue weighted by atomic mass is 9.97. The number of nitrogens with one attached hydrogen (secondary N) is 1. The maximum absolute atomic E-state index is 12.8. The highest BCUT2D eigenvalue weighted by Gasteiger charge is 2.27. The first kappa shape index (κ1) is 17.0. The quantitative estimate of drug-likeness (QED) is 0.756. The molecule has 0 spiro atoms. The van der Waals surface area contributed by atoms with Crippen molar-refractivity contribution in [1.82, 2.24) is 9.97 Å². The second-order valence-corrected chi connectivity index (χ2v) is 7.93. The molecule has 1 amide bonds. The number of aromatic nitrogens is 2. The normalized spacial score (nSPS) is 17.5. The number of hydrogen-bond acceptors (Lipinski definition) is 5. The number of carbonyl (C=O) groups is 1. The van der Waals surface area contributed by atoms with Crippen LogP contribution in [-0.4, -0.2) is 29.0 Å². The van der Waals surface area contributed by atoms with E-state index in [-0.39, 0.29) is 11.8 Å². The molecule has 1 atom stereocenters. The molecule has 6 heteroatoms. The van der Waals surface area contributed by atoms with Gasteiger partial charge in [0.2, 0.25) is 5.91 Å². The van der Waals surface area contributed by atoms with E-state index in [9.17, 15) is 4.79 Å². The highest BCUT2D eigenvalue weighted by atomic mass is 32.1. The zero-order valence-electron chi connectivity index (χ0n) is 15.0. The van der Waals surface area contributed by atoms with Crippen LogP contribution < -0.4 is 10.2 Å². The fourth-order valence-electron chi connectivity index (χ4n) is 3.55. The fraction of sp³-hybridized carbons (Fsp3) is 0.350. The first-order chi connectivity index (χ1) is 12.6. The number of piperidine rings is 1. The summed E-state index contributed by atoms with van der Waals surface area (Å²) < 4.78 is 0. The molecule has 3 aromatic rings. The van der Waals surface area contributed by atoms with Gasteiger partial charge in [0.05, 0.1) is 5.92 Å². The number of pyridine rings is 1.